The van der Waals surface area contributed by atoms with Crippen molar-refractivity contribution in [3.63, 3.8) is 0 Å². The highest BCUT2D eigenvalue weighted by molar-refractivity contribution is 4.92. The number of fused-ring (bicyclic) bond motifs is 1. The van der Waals surface area contributed by atoms with Crippen LogP contribution in [0.3, 0.4) is 0 Å². The van der Waals surface area contributed by atoms with Crippen LogP contribution < -0.4 is 5.73 Å². The Bertz CT molecular complexity index is 181. The lowest BCUT2D eigenvalue weighted by atomic mass is 9.91. The molecule has 0 aromatic carbocycles. The zero-order valence-corrected chi connectivity index (χ0v) is 7.75. The quantitative estimate of drug-likeness (QED) is 0.591. The average Bonchev–Trinajstić information content (AvgIpc) is 2.25. The van der Waals surface area contributed by atoms with Crippen molar-refractivity contribution in [1.29, 1.82) is 0 Å². The first-order valence-corrected chi connectivity index (χ1v) is 4.70. The van der Waals surface area contributed by atoms with E-state index in [1.807, 2.05) is 13.8 Å². The molecule has 0 radical (unpaired) electrons. The van der Waals surface area contributed by atoms with Gasteiger partial charge >= 0.3 is 0 Å². The first-order chi connectivity index (χ1) is 5.58. The molecule has 1 aliphatic heterocycles. The van der Waals surface area contributed by atoms with Gasteiger partial charge < -0.3 is 15.2 Å². The van der Waals surface area contributed by atoms with Gasteiger partial charge in [-0.2, -0.15) is 0 Å². The minimum Gasteiger partial charge on any atom is -0.345 e. The Hall–Kier alpha value is -0.120. The molecule has 2 aliphatic rings. The van der Waals surface area contributed by atoms with E-state index >= 15 is 0 Å². The second kappa shape index (κ2) is 2.69. The summed E-state index contributed by atoms with van der Waals surface area (Å²) in [5.41, 5.74) is 5.94. The van der Waals surface area contributed by atoms with Crippen molar-refractivity contribution in [1.82, 2.24) is 0 Å². The Labute approximate surface area is 73.2 Å². The summed E-state index contributed by atoms with van der Waals surface area (Å²) in [5, 5.41) is 0. The van der Waals surface area contributed by atoms with Gasteiger partial charge in [0.2, 0.25) is 0 Å². The highest BCUT2D eigenvalue weighted by Crippen LogP contribution is 2.35. The molecule has 2 fully saturated rings. The summed E-state index contributed by atoms with van der Waals surface area (Å²) in [6.45, 7) is 3.91. The maximum atomic E-state index is 5.94. The second-order valence-corrected chi connectivity index (χ2v) is 4.23. The van der Waals surface area contributed by atoms with Gasteiger partial charge in [0.15, 0.2) is 5.79 Å². The Balaban J connectivity index is 2.09. The topological polar surface area (TPSA) is 44.5 Å². The minimum absolute atomic E-state index is 0.133. The monoisotopic (exact) mass is 171 g/mol. The first-order valence-electron chi connectivity index (χ1n) is 4.70. The van der Waals surface area contributed by atoms with E-state index in [-0.39, 0.29) is 18.2 Å². The van der Waals surface area contributed by atoms with Gasteiger partial charge in [-0.1, -0.05) is 0 Å². The fourth-order valence-electron chi connectivity index (χ4n) is 2.17. The predicted molar refractivity (Wildman–Crippen MR) is 45.7 cm³/mol. The van der Waals surface area contributed by atoms with Crippen molar-refractivity contribution in [2.75, 3.05) is 0 Å². The molecule has 3 atom stereocenters. The number of hydrogen-bond acceptors (Lipinski definition) is 3. The van der Waals surface area contributed by atoms with Crippen molar-refractivity contribution < 1.29 is 9.47 Å². The van der Waals surface area contributed by atoms with Crippen LogP contribution in [0.1, 0.15) is 33.1 Å². The zero-order chi connectivity index (χ0) is 8.77. The summed E-state index contributed by atoms with van der Waals surface area (Å²) >= 11 is 0. The highest BCUT2D eigenvalue weighted by atomic mass is 16.8. The molecule has 0 bridgehead atoms. The van der Waals surface area contributed by atoms with Gasteiger partial charge in [0.05, 0.1) is 6.10 Å². The molecule has 3 nitrogen and oxygen atoms in total. The Morgan fingerprint density at radius 2 is 2.00 bits per heavy atom. The molecular formula is C9H17NO2. The standard InChI is InChI=1S/C9H17NO2/c1-9(2)11-7-5-3-4-6(10)8(7)12-9/h6-8H,3-5,10H2,1-2H3/t6?,7-,8+/m1/s1. The van der Waals surface area contributed by atoms with E-state index in [4.69, 9.17) is 15.2 Å². The largest absolute Gasteiger partial charge is 0.345 e. The third kappa shape index (κ3) is 1.37. The Morgan fingerprint density at radius 3 is 2.67 bits per heavy atom. The van der Waals surface area contributed by atoms with Crippen LogP contribution in [-0.4, -0.2) is 24.0 Å². The van der Waals surface area contributed by atoms with Crippen molar-refractivity contribution in [3.05, 3.63) is 0 Å². The number of ether oxygens (including phenoxy) is 2. The molecular weight excluding hydrogens is 154 g/mol. The van der Waals surface area contributed by atoms with Gasteiger partial charge in [0.25, 0.3) is 0 Å². The van der Waals surface area contributed by atoms with Crippen LogP contribution in [-0.2, 0) is 9.47 Å². The number of hydrogen-bond donors (Lipinski definition) is 1. The Kier molecular flexibility index (Phi) is 1.90. The number of nitrogens with two attached hydrogens (primary N) is 1. The highest BCUT2D eigenvalue weighted by Gasteiger charge is 2.45. The molecule has 0 aromatic rings. The molecule has 70 valence electrons. The van der Waals surface area contributed by atoms with Crippen LogP contribution in [0.15, 0.2) is 0 Å². The SMILES string of the molecule is CC1(C)O[C@@H]2CCCC(N)[C@@H]2O1. The Morgan fingerprint density at radius 1 is 1.25 bits per heavy atom. The van der Waals surface area contributed by atoms with Crippen molar-refractivity contribution >= 4 is 0 Å². The van der Waals surface area contributed by atoms with Gasteiger partial charge in [-0.05, 0) is 33.1 Å². The average molecular weight is 171 g/mol. The van der Waals surface area contributed by atoms with Gasteiger partial charge in [-0.15, -0.1) is 0 Å². The van der Waals surface area contributed by atoms with E-state index in [2.05, 4.69) is 0 Å². The molecule has 3 heteroatoms. The van der Waals surface area contributed by atoms with Crippen LogP contribution in [0.5, 0.6) is 0 Å². The molecule has 0 spiro atoms. The van der Waals surface area contributed by atoms with Gasteiger partial charge in [0.1, 0.15) is 6.10 Å². The third-order valence-corrected chi connectivity index (χ3v) is 2.67. The molecule has 1 saturated carbocycles. The molecule has 2 N–H and O–H groups in total. The van der Waals surface area contributed by atoms with Gasteiger partial charge in [-0.3, -0.25) is 0 Å². The predicted octanol–water partition coefficient (Wildman–Crippen LogP) is 1.02. The molecule has 1 saturated heterocycles. The van der Waals surface area contributed by atoms with Gasteiger partial charge in [-0.25, -0.2) is 0 Å². The van der Waals surface area contributed by atoms with Crippen LogP contribution >= 0.6 is 0 Å². The smallest absolute Gasteiger partial charge is 0.163 e. The fourth-order valence-corrected chi connectivity index (χ4v) is 2.17. The normalized spacial score (nSPS) is 45.8. The summed E-state index contributed by atoms with van der Waals surface area (Å²) in [6, 6.07) is 0.172. The lowest BCUT2D eigenvalue weighted by Crippen LogP contribution is -2.44. The van der Waals surface area contributed by atoms with Crippen molar-refractivity contribution in [2.24, 2.45) is 5.73 Å². The fraction of sp³-hybridized carbons (Fsp3) is 1.00. The lowest BCUT2D eigenvalue weighted by molar-refractivity contribution is -0.146. The molecule has 1 heterocycles. The van der Waals surface area contributed by atoms with E-state index in [0.29, 0.717) is 0 Å². The van der Waals surface area contributed by atoms with E-state index in [1.54, 1.807) is 0 Å². The summed E-state index contributed by atoms with van der Waals surface area (Å²) in [4.78, 5) is 0. The van der Waals surface area contributed by atoms with E-state index in [0.717, 1.165) is 12.8 Å². The summed E-state index contributed by atoms with van der Waals surface area (Å²) in [6.07, 6.45) is 3.71. The first kappa shape index (κ1) is 8.48. The maximum absolute atomic E-state index is 5.94. The molecule has 1 unspecified atom stereocenters. The summed E-state index contributed by atoms with van der Waals surface area (Å²) < 4.78 is 11.4. The van der Waals surface area contributed by atoms with Crippen LogP contribution in [0.2, 0.25) is 0 Å². The van der Waals surface area contributed by atoms with Gasteiger partial charge in [0, 0.05) is 6.04 Å². The zero-order valence-electron chi connectivity index (χ0n) is 7.75. The lowest BCUT2D eigenvalue weighted by Gasteiger charge is -2.27. The minimum atomic E-state index is -0.419. The van der Waals surface area contributed by atoms with Crippen LogP contribution in [0.4, 0.5) is 0 Å². The third-order valence-electron chi connectivity index (χ3n) is 2.67. The molecule has 1 aliphatic carbocycles. The van der Waals surface area contributed by atoms with Crippen molar-refractivity contribution in [2.45, 2.75) is 57.1 Å². The van der Waals surface area contributed by atoms with E-state index in [1.165, 1.54) is 6.42 Å². The van der Waals surface area contributed by atoms with Crippen molar-refractivity contribution in [3.8, 4) is 0 Å². The van der Waals surface area contributed by atoms with Crippen LogP contribution in [0.25, 0.3) is 0 Å². The molecule has 12 heavy (non-hydrogen) atoms. The summed E-state index contributed by atoms with van der Waals surface area (Å²) in [5.74, 6) is -0.419. The van der Waals surface area contributed by atoms with Crippen LogP contribution in [0, 0.1) is 0 Å². The maximum Gasteiger partial charge on any atom is 0.163 e. The molecule has 0 aromatic heterocycles. The molecule has 0 amide bonds. The second-order valence-electron chi connectivity index (χ2n) is 4.23. The van der Waals surface area contributed by atoms with E-state index in [9.17, 15) is 0 Å². The number of rotatable bonds is 0. The summed E-state index contributed by atoms with van der Waals surface area (Å²) in [7, 11) is 0. The molecule has 2 rings (SSSR count). The van der Waals surface area contributed by atoms with E-state index < -0.39 is 5.79 Å².